The van der Waals surface area contributed by atoms with Crippen molar-refractivity contribution in [3.63, 3.8) is 0 Å². The minimum Gasteiger partial charge on any atom is -0.362 e. The van der Waals surface area contributed by atoms with E-state index in [4.69, 9.17) is 9.97 Å². The van der Waals surface area contributed by atoms with Gasteiger partial charge in [-0.2, -0.15) is 0 Å². The van der Waals surface area contributed by atoms with Gasteiger partial charge in [0.05, 0.1) is 36.6 Å². The van der Waals surface area contributed by atoms with Crippen molar-refractivity contribution in [1.29, 1.82) is 0 Å². The Bertz CT molecular complexity index is 1700. The number of anilines is 3. The zero-order chi connectivity index (χ0) is 29.2. The predicted octanol–water partition coefficient (Wildman–Crippen LogP) is 8.32. The maximum absolute atomic E-state index is 5.11. The third kappa shape index (κ3) is 5.66. The van der Waals surface area contributed by atoms with Crippen molar-refractivity contribution in [3.05, 3.63) is 132 Å². The van der Waals surface area contributed by atoms with Crippen molar-refractivity contribution in [2.75, 3.05) is 18.6 Å². The fraction of sp³-hybridized carbons (Fsp3) is 0.222. The Hall–Kier alpha value is -4.84. The van der Waals surface area contributed by atoms with E-state index in [1.54, 1.807) is 0 Å². The second-order valence-electron chi connectivity index (χ2n) is 11.5. The zero-order valence-electron chi connectivity index (χ0n) is 25.1. The number of aryl methyl sites for hydroxylation is 2. The minimum absolute atomic E-state index is 0.499. The van der Waals surface area contributed by atoms with Gasteiger partial charge in [0.25, 0.3) is 0 Å². The molecule has 3 heterocycles. The van der Waals surface area contributed by atoms with Gasteiger partial charge in [0.1, 0.15) is 5.82 Å². The fourth-order valence-corrected chi connectivity index (χ4v) is 5.70. The summed E-state index contributed by atoms with van der Waals surface area (Å²) < 4.78 is 2.15. The number of hydrogen-bond acceptors (Lipinski definition) is 5. The summed E-state index contributed by atoms with van der Waals surface area (Å²) in [5.74, 6) is 1.38. The van der Waals surface area contributed by atoms with Crippen molar-refractivity contribution in [3.8, 4) is 16.9 Å². The first-order valence-corrected chi connectivity index (χ1v) is 14.6. The fourth-order valence-electron chi connectivity index (χ4n) is 5.70. The molecule has 1 aliphatic heterocycles. The molecule has 0 aliphatic carbocycles. The van der Waals surface area contributed by atoms with Gasteiger partial charge in [0.15, 0.2) is 0 Å². The van der Waals surface area contributed by atoms with E-state index in [2.05, 4.69) is 151 Å². The maximum Gasteiger partial charge on any atom is 0.137 e. The standard InChI is InChI=1S/C36H38N6/c1-26(2)30-19-27(3)36(28(4)20-30)41-23-34(37-24-41)29-11-9-15-33(21-29)42(32-13-7-6-8-14-32)35-16-10-12-31(38-35)22-40-18-17-39(5)25-40/h6-21,23-24,26H,22,25H2,1-5H3. The quantitative estimate of drug-likeness (QED) is 0.193. The van der Waals surface area contributed by atoms with Crippen LogP contribution in [0, 0.1) is 13.8 Å². The number of imidazole rings is 1. The van der Waals surface area contributed by atoms with Crippen LogP contribution in [0.1, 0.15) is 42.1 Å². The van der Waals surface area contributed by atoms with Crippen LogP contribution in [-0.2, 0) is 6.54 Å². The highest BCUT2D eigenvalue weighted by molar-refractivity contribution is 5.77. The van der Waals surface area contributed by atoms with E-state index in [-0.39, 0.29) is 0 Å². The molecule has 2 aromatic heterocycles. The summed E-state index contributed by atoms with van der Waals surface area (Å²) in [5.41, 5.74) is 10.2. The molecule has 6 nitrogen and oxygen atoms in total. The molecule has 0 atom stereocenters. The summed E-state index contributed by atoms with van der Waals surface area (Å²) in [5, 5.41) is 0. The Kier molecular flexibility index (Phi) is 7.53. The molecule has 6 rings (SSSR count). The van der Waals surface area contributed by atoms with E-state index in [9.17, 15) is 0 Å². The van der Waals surface area contributed by atoms with Gasteiger partial charge in [-0.05, 0) is 72.9 Å². The Morgan fingerprint density at radius 3 is 2.29 bits per heavy atom. The van der Waals surface area contributed by atoms with Crippen LogP contribution in [-0.4, -0.2) is 38.1 Å². The van der Waals surface area contributed by atoms with Gasteiger partial charge >= 0.3 is 0 Å². The van der Waals surface area contributed by atoms with Crippen LogP contribution in [0.4, 0.5) is 17.2 Å². The second-order valence-corrected chi connectivity index (χ2v) is 11.5. The van der Waals surface area contributed by atoms with Crippen molar-refractivity contribution in [2.45, 2.75) is 40.2 Å². The number of nitrogens with zero attached hydrogens (tertiary/aromatic N) is 6. The number of benzene rings is 3. The van der Waals surface area contributed by atoms with Crippen LogP contribution in [0.25, 0.3) is 16.9 Å². The third-order valence-electron chi connectivity index (χ3n) is 7.76. The van der Waals surface area contributed by atoms with E-state index >= 15 is 0 Å². The van der Waals surface area contributed by atoms with Crippen LogP contribution in [0.2, 0.25) is 0 Å². The van der Waals surface area contributed by atoms with Crippen molar-refractivity contribution < 1.29 is 0 Å². The van der Waals surface area contributed by atoms with E-state index < -0.39 is 0 Å². The van der Waals surface area contributed by atoms with Crippen molar-refractivity contribution in [2.24, 2.45) is 0 Å². The Morgan fingerprint density at radius 1 is 0.833 bits per heavy atom. The molecular weight excluding hydrogens is 516 g/mol. The lowest BCUT2D eigenvalue weighted by Crippen LogP contribution is -2.22. The van der Waals surface area contributed by atoms with Crippen LogP contribution in [0.3, 0.4) is 0 Å². The summed E-state index contributed by atoms with van der Waals surface area (Å²) in [6.45, 7) is 10.5. The first-order valence-electron chi connectivity index (χ1n) is 14.6. The Labute approximate surface area is 249 Å². The largest absolute Gasteiger partial charge is 0.362 e. The Balaban J connectivity index is 1.35. The molecule has 0 unspecified atom stereocenters. The highest BCUT2D eigenvalue weighted by Crippen LogP contribution is 2.36. The van der Waals surface area contributed by atoms with Crippen LogP contribution in [0.5, 0.6) is 0 Å². The molecule has 6 heteroatoms. The summed E-state index contributed by atoms with van der Waals surface area (Å²) in [4.78, 5) is 16.6. The predicted molar refractivity (Wildman–Crippen MR) is 172 cm³/mol. The van der Waals surface area contributed by atoms with Gasteiger partial charge in [0.2, 0.25) is 0 Å². The molecule has 1 aliphatic rings. The topological polar surface area (TPSA) is 40.4 Å². The van der Waals surface area contributed by atoms with Gasteiger partial charge in [-0.1, -0.05) is 62.4 Å². The summed E-state index contributed by atoms with van der Waals surface area (Å²) in [6.07, 6.45) is 8.27. The van der Waals surface area contributed by atoms with Crippen molar-refractivity contribution >= 4 is 17.2 Å². The van der Waals surface area contributed by atoms with E-state index in [0.717, 1.165) is 47.4 Å². The molecule has 0 bridgehead atoms. The van der Waals surface area contributed by atoms with E-state index in [1.807, 2.05) is 12.4 Å². The molecule has 42 heavy (non-hydrogen) atoms. The molecule has 0 N–H and O–H groups in total. The summed E-state index contributed by atoms with van der Waals surface area (Å²) in [7, 11) is 2.08. The first-order chi connectivity index (χ1) is 20.4. The maximum atomic E-state index is 5.11. The first kappa shape index (κ1) is 27.3. The minimum atomic E-state index is 0.499. The van der Waals surface area contributed by atoms with Crippen molar-refractivity contribution in [1.82, 2.24) is 24.3 Å². The highest BCUT2D eigenvalue weighted by Gasteiger charge is 2.17. The molecule has 0 saturated carbocycles. The smallest absolute Gasteiger partial charge is 0.137 e. The second kappa shape index (κ2) is 11.6. The van der Waals surface area contributed by atoms with Crippen LogP contribution >= 0.6 is 0 Å². The lowest BCUT2D eigenvalue weighted by Gasteiger charge is -2.25. The number of rotatable bonds is 8. The van der Waals surface area contributed by atoms with Gasteiger partial charge in [-0.15, -0.1) is 0 Å². The number of hydrogen-bond donors (Lipinski definition) is 0. The molecule has 0 saturated heterocycles. The molecule has 3 aromatic carbocycles. The van der Waals surface area contributed by atoms with Crippen LogP contribution < -0.4 is 4.90 Å². The molecule has 5 aromatic rings. The number of pyridine rings is 1. The highest BCUT2D eigenvalue weighted by atomic mass is 15.3. The van der Waals surface area contributed by atoms with E-state index in [0.29, 0.717) is 5.92 Å². The molecular formula is C36H38N6. The van der Waals surface area contributed by atoms with E-state index in [1.165, 1.54) is 22.4 Å². The Morgan fingerprint density at radius 2 is 1.57 bits per heavy atom. The third-order valence-corrected chi connectivity index (χ3v) is 7.76. The average molecular weight is 555 g/mol. The van der Waals surface area contributed by atoms with Gasteiger partial charge < -0.3 is 14.4 Å². The molecule has 0 radical (unpaired) electrons. The lowest BCUT2D eigenvalue weighted by molar-refractivity contribution is 0.288. The zero-order valence-corrected chi connectivity index (χ0v) is 25.1. The molecule has 0 spiro atoms. The van der Waals surface area contributed by atoms with Gasteiger partial charge in [-0.3, -0.25) is 4.90 Å². The molecule has 0 fully saturated rings. The summed E-state index contributed by atoms with van der Waals surface area (Å²) in [6, 6.07) is 29.9. The monoisotopic (exact) mass is 554 g/mol. The number of para-hydroxylation sites is 1. The van der Waals surface area contributed by atoms with Crippen LogP contribution in [0.15, 0.2) is 110 Å². The molecule has 212 valence electrons. The normalized spacial score (nSPS) is 12.9. The lowest BCUT2D eigenvalue weighted by atomic mass is 9.97. The number of aromatic nitrogens is 3. The van der Waals surface area contributed by atoms with Gasteiger partial charge in [-0.25, -0.2) is 9.97 Å². The average Bonchev–Trinajstić information content (AvgIpc) is 3.63. The molecule has 0 amide bonds. The van der Waals surface area contributed by atoms with Gasteiger partial charge in [0, 0.05) is 42.6 Å². The summed E-state index contributed by atoms with van der Waals surface area (Å²) >= 11 is 0. The SMILES string of the molecule is Cc1cc(C(C)C)cc(C)c1-n1cnc(-c2cccc(N(c3ccccc3)c3cccc(CN4C=CN(C)C4)n3)c2)c1.